The third kappa shape index (κ3) is 5.89. The van der Waals surface area contributed by atoms with Crippen LogP contribution >= 0.6 is 0 Å². The molecule has 5 nitrogen and oxygen atoms in total. The summed E-state index contributed by atoms with van der Waals surface area (Å²) in [7, 11) is 0. The van der Waals surface area contributed by atoms with Crippen molar-refractivity contribution in [2.75, 3.05) is 0 Å². The summed E-state index contributed by atoms with van der Waals surface area (Å²) in [5, 5.41) is 7.46. The van der Waals surface area contributed by atoms with E-state index in [2.05, 4.69) is 131 Å². The largest absolute Gasteiger partial charge is 2.00 e. The van der Waals surface area contributed by atoms with Gasteiger partial charge in [-0.1, -0.05) is 68.6 Å². The van der Waals surface area contributed by atoms with Crippen LogP contribution in [0.2, 0.25) is 0 Å². The van der Waals surface area contributed by atoms with Crippen molar-refractivity contribution < 1.29 is 25.2 Å². The van der Waals surface area contributed by atoms with Crippen LogP contribution in [-0.2, 0) is 39.7 Å². The van der Waals surface area contributed by atoms with E-state index in [0.717, 1.165) is 69.4 Å². The Balaban J connectivity index is 0.00000401. The maximum atomic E-state index is 6.59. The summed E-state index contributed by atoms with van der Waals surface area (Å²) in [6.45, 7) is 15.2. The number of benzene rings is 4. The van der Waals surface area contributed by atoms with Gasteiger partial charge >= 0.3 is 20.4 Å². The Morgan fingerprint density at radius 1 is 0.708 bits per heavy atom. The molecule has 6 heteroatoms. The van der Waals surface area contributed by atoms with E-state index in [4.69, 9.17) is 14.8 Å². The molecule has 7 rings (SSSR count). The first-order chi connectivity index (χ1) is 22.8. The van der Waals surface area contributed by atoms with Crippen LogP contribution in [0.3, 0.4) is 0 Å². The third-order valence-corrected chi connectivity index (χ3v) is 9.08. The molecule has 0 bridgehead atoms. The van der Waals surface area contributed by atoms with Gasteiger partial charge in [-0.25, -0.2) is 4.98 Å². The maximum absolute atomic E-state index is 6.59. The maximum Gasteiger partial charge on any atom is 2.00 e. The Morgan fingerprint density at radius 3 is 2.19 bits per heavy atom. The van der Waals surface area contributed by atoms with Crippen LogP contribution in [0.4, 0.5) is 0 Å². The second-order valence-corrected chi connectivity index (χ2v) is 12.5. The summed E-state index contributed by atoms with van der Waals surface area (Å²) in [5.74, 6) is 2.13. The first kappa shape index (κ1) is 33.4. The van der Waals surface area contributed by atoms with Gasteiger partial charge in [0, 0.05) is 34.5 Å². The molecule has 0 unspecified atom stereocenters. The van der Waals surface area contributed by atoms with Gasteiger partial charge in [-0.3, -0.25) is 4.68 Å². The third-order valence-electron chi connectivity index (χ3n) is 9.08. The van der Waals surface area contributed by atoms with Crippen molar-refractivity contribution in [2.45, 2.75) is 67.7 Å². The van der Waals surface area contributed by atoms with Gasteiger partial charge in [0.1, 0.15) is 5.82 Å². The molecule has 3 heterocycles. The molecule has 0 spiro atoms. The van der Waals surface area contributed by atoms with E-state index in [1.165, 1.54) is 33.5 Å². The minimum absolute atomic E-state index is 0. The van der Waals surface area contributed by atoms with Crippen LogP contribution in [0.15, 0.2) is 79.0 Å². The van der Waals surface area contributed by atoms with Crippen molar-refractivity contribution in [3.05, 3.63) is 130 Å². The fourth-order valence-electron chi connectivity index (χ4n) is 7.03. The van der Waals surface area contributed by atoms with Gasteiger partial charge in [0.05, 0.1) is 5.69 Å². The standard InChI is InChI=1S/C42H40N4O.Pd/c1-8-30-22-31(46-37(10-3)42(36(9-2)44-46)41-28(6)19-27(5)20-29(41)7)24-33(23-30)47-32-15-16-35-34-13-11-12-14-38(34)45(39(35)25-32)40-21-26(4)17-18-43-40;/h11-23H,8-10H2,1-7H3;/q-2;+2. The van der Waals surface area contributed by atoms with Crippen LogP contribution in [0.25, 0.3) is 44.4 Å². The smallest absolute Gasteiger partial charge is 0.509 e. The topological polar surface area (TPSA) is 44.9 Å². The number of para-hydroxylation sites is 1. The summed E-state index contributed by atoms with van der Waals surface area (Å²) in [6.07, 6.45) is 4.41. The van der Waals surface area contributed by atoms with Crippen molar-refractivity contribution in [3.8, 4) is 34.1 Å². The van der Waals surface area contributed by atoms with E-state index in [-0.39, 0.29) is 20.4 Å². The number of hydrogen-bond donors (Lipinski definition) is 0. The van der Waals surface area contributed by atoms with Crippen molar-refractivity contribution in [3.63, 3.8) is 0 Å². The fourth-order valence-corrected chi connectivity index (χ4v) is 7.03. The molecular formula is C42H40N4OPd. The molecule has 0 saturated carbocycles. The monoisotopic (exact) mass is 722 g/mol. The zero-order valence-electron chi connectivity index (χ0n) is 28.6. The number of aromatic nitrogens is 4. The number of pyridine rings is 1. The predicted molar refractivity (Wildman–Crippen MR) is 192 cm³/mol. The molecular weight excluding hydrogens is 683 g/mol. The molecule has 0 aliphatic carbocycles. The van der Waals surface area contributed by atoms with Crippen LogP contribution < -0.4 is 4.74 Å². The quantitative estimate of drug-likeness (QED) is 0.116. The number of ether oxygens (including phenoxy) is 1. The van der Waals surface area contributed by atoms with E-state index in [1.54, 1.807) is 0 Å². The second-order valence-electron chi connectivity index (χ2n) is 12.5. The first-order valence-electron chi connectivity index (χ1n) is 16.6. The Bertz CT molecular complexity index is 2270. The van der Waals surface area contributed by atoms with Crippen molar-refractivity contribution in [1.29, 1.82) is 0 Å². The molecule has 48 heavy (non-hydrogen) atoms. The molecule has 0 fully saturated rings. The molecule has 0 radical (unpaired) electrons. The average molecular weight is 723 g/mol. The van der Waals surface area contributed by atoms with Gasteiger partial charge in [-0.2, -0.15) is 16.7 Å². The van der Waals surface area contributed by atoms with Gasteiger partial charge in [0.2, 0.25) is 0 Å². The molecule has 0 saturated heterocycles. The first-order valence-corrected chi connectivity index (χ1v) is 16.6. The molecule has 0 amide bonds. The van der Waals surface area contributed by atoms with E-state index in [9.17, 15) is 0 Å². The van der Waals surface area contributed by atoms with Crippen molar-refractivity contribution >= 4 is 21.8 Å². The van der Waals surface area contributed by atoms with Gasteiger partial charge in [-0.05, 0) is 92.1 Å². The Morgan fingerprint density at radius 2 is 1.48 bits per heavy atom. The molecule has 0 aliphatic rings. The van der Waals surface area contributed by atoms with E-state index >= 15 is 0 Å². The number of aryl methyl sites for hydroxylation is 6. The molecule has 0 N–H and O–H groups in total. The minimum atomic E-state index is 0. The van der Waals surface area contributed by atoms with Crippen LogP contribution in [0, 0.1) is 39.8 Å². The Labute approximate surface area is 297 Å². The molecule has 0 atom stereocenters. The Kier molecular flexibility index (Phi) is 9.43. The molecule has 0 aliphatic heterocycles. The Hall–Kier alpha value is -4.50. The summed E-state index contributed by atoms with van der Waals surface area (Å²) in [5.41, 5.74) is 13.9. The summed E-state index contributed by atoms with van der Waals surface area (Å²) < 4.78 is 10.8. The average Bonchev–Trinajstić information content (AvgIpc) is 3.59. The molecule has 3 aromatic heterocycles. The molecule has 244 valence electrons. The minimum Gasteiger partial charge on any atom is -0.509 e. The van der Waals surface area contributed by atoms with E-state index in [0.29, 0.717) is 11.5 Å². The summed E-state index contributed by atoms with van der Waals surface area (Å²) >= 11 is 0. The van der Waals surface area contributed by atoms with Gasteiger partial charge in [0.25, 0.3) is 0 Å². The SMILES string of the molecule is CCc1cc(Oc2[c-]c3c(cc2)c2ccccc2n3-c2cc(C)ccn2)[c-]c(-n2nc(CC)c(-c3c(C)cc(C)cc3C)c2CC)c1.[Pd+2]. The van der Waals surface area contributed by atoms with E-state index in [1.807, 2.05) is 18.3 Å². The van der Waals surface area contributed by atoms with Gasteiger partial charge in [0.15, 0.2) is 0 Å². The summed E-state index contributed by atoms with van der Waals surface area (Å²) in [6, 6.07) is 32.6. The number of fused-ring (bicyclic) bond motifs is 3. The molecule has 7 aromatic rings. The molecule has 4 aromatic carbocycles. The van der Waals surface area contributed by atoms with Gasteiger partial charge < -0.3 is 9.30 Å². The zero-order valence-corrected chi connectivity index (χ0v) is 30.2. The number of rotatable bonds is 8. The van der Waals surface area contributed by atoms with Crippen LogP contribution in [0.1, 0.15) is 60.0 Å². The van der Waals surface area contributed by atoms with Crippen LogP contribution in [-0.4, -0.2) is 19.3 Å². The summed E-state index contributed by atoms with van der Waals surface area (Å²) in [4.78, 5) is 4.72. The van der Waals surface area contributed by atoms with Crippen molar-refractivity contribution in [2.24, 2.45) is 0 Å². The number of hydrogen-bond acceptors (Lipinski definition) is 3. The van der Waals surface area contributed by atoms with E-state index < -0.39 is 0 Å². The predicted octanol–water partition coefficient (Wildman–Crippen LogP) is 10.3. The van der Waals surface area contributed by atoms with Gasteiger partial charge in [-0.15, -0.1) is 35.7 Å². The second kappa shape index (κ2) is 13.6. The fraction of sp³-hybridized carbons (Fsp3) is 0.238. The number of nitrogens with zero attached hydrogens (tertiary/aromatic N) is 4. The zero-order chi connectivity index (χ0) is 32.8. The normalized spacial score (nSPS) is 11.3. The van der Waals surface area contributed by atoms with Crippen molar-refractivity contribution in [1.82, 2.24) is 19.3 Å². The van der Waals surface area contributed by atoms with Crippen LogP contribution in [0.5, 0.6) is 11.5 Å².